The number of hydrogen-bond donors (Lipinski definition) is 0. The van der Waals surface area contributed by atoms with Crippen molar-refractivity contribution in [2.24, 2.45) is 0 Å². The Morgan fingerprint density at radius 1 is 0.567 bits per heavy atom. The van der Waals surface area contributed by atoms with Crippen molar-refractivity contribution in [1.29, 1.82) is 0 Å². The highest BCUT2D eigenvalue weighted by atomic mass is 16.5. The summed E-state index contributed by atoms with van der Waals surface area (Å²) in [6.07, 6.45) is 8.44. The summed E-state index contributed by atoms with van der Waals surface area (Å²) in [5.74, 6) is 0.862. The van der Waals surface area contributed by atoms with Gasteiger partial charge in [0, 0.05) is 45.1 Å². The summed E-state index contributed by atoms with van der Waals surface area (Å²) in [5.41, 5.74) is 6.88. The van der Waals surface area contributed by atoms with Crippen LogP contribution >= 0.6 is 0 Å². The maximum Gasteiger partial charge on any atom is 0.126 e. The Morgan fingerprint density at radius 2 is 1.00 bits per heavy atom. The molecule has 0 spiro atoms. The average molecular weight is 399 g/mol. The zero-order chi connectivity index (χ0) is 21.5. The fourth-order valence-corrected chi connectivity index (χ4v) is 3.11. The Labute approximate surface area is 180 Å². The Hall–Kier alpha value is -3.46. The van der Waals surface area contributed by atoms with Crippen LogP contribution in [0.4, 0.5) is 11.4 Å². The van der Waals surface area contributed by atoms with Gasteiger partial charge in [-0.25, -0.2) is 0 Å². The minimum absolute atomic E-state index is 0.862. The molecule has 0 aliphatic heterocycles. The number of methoxy groups -OCH3 is 1. The first-order chi connectivity index (χ1) is 14.5. The second-order valence-corrected chi connectivity index (χ2v) is 7.64. The highest BCUT2D eigenvalue weighted by Crippen LogP contribution is 2.24. The van der Waals surface area contributed by atoms with Crippen molar-refractivity contribution in [2.45, 2.75) is 0 Å². The third-order valence-electron chi connectivity index (χ3n) is 5.00. The van der Waals surface area contributed by atoms with Crippen molar-refractivity contribution < 1.29 is 4.74 Å². The molecule has 0 heterocycles. The number of ether oxygens (including phenoxy) is 1. The number of nitrogens with zero attached hydrogens (tertiary/aromatic N) is 2. The van der Waals surface area contributed by atoms with Gasteiger partial charge in [-0.1, -0.05) is 60.7 Å². The van der Waals surface area contributed by atoms with Gasteiger partial charge in [0.1, 0.15) is 5.75 Å². The van der Waals surface area contributed by atoms with Gasteiger partial charge in [0.15, 0.2) is 0 Å². The molecule has 0 amide bonds. The predicted octanol–water partition coefficient (Wildman–Crippen LogP) is 6.17. The lowest BCUT2D eigenvalue weighted by Gasteiger charge is -2.12. The Balaban J connectivity index is 1.74. The zero-order valence-corrected chi connectivity index (χ0v) is 18.5. The molecular formula is C27H30N2O. The molecule has 3 aromatic rings. The van der Waals surface area contributed by atoms with E-state index in [9.17, 15) is 0 Å². The smallest absolute Gasteiger partial charge is 0.126 e. The van der Waals surface area contributed by atoms with Crippen molar-refractivity contribution in [2.75, 3.05) is 45.1 Å². The van der Waals surface area contributed by atoms with Crippen LogP contribution in [-0.2, 0) is 0 Å². The van der Waals surface area contributed by atoms with E-state index in [2.05, 4.69) is 101 Å². The molecular weight excluding hydrogens is 368 g/mol. The summed E-state index contributed by atoms with van der Waals surface area (Å²) in [6.45, 7) is 0. The van der Waals surface area contributed by atoms with E-state index >= 15 is 0 Å². The van der Waals surface area contributed by atoms with E-state index in [0.717, 1.165) is 22.4 Å². The molecule has 3 aromatic carbocycles. The van der Waals surface area contributed by atoms with Crippen molar-refractivity contribution >= 4 is 35.7 Å². The summed E-state index contributed by atoms with van der Waals surface area (Å²) in [7, 11) is 9.90. The van der Waals surface area contributed by atoms with Crippen LogP contribution in [0.5, 0.6) is 5.75 Å². The largest absolute Gasteiger partial charge is 0.496 e. The fraction of sp³-hybridized carbons (Fsp3) is 0.185. The van der Waals surface area contributed by atoms with Crippen molar-refractivity contribution in [1.82, 2.24) is 0 Å². The molecule has 154 valence electrons. The van der Waals surface area contributed by atoms with Crippen LogP contribution in [0.2, 0.25) is 0 Å². The van der Waals surface area contributed by atoms with E-state index in [1.165, 1.54) is 16.9 Å². The molecule has 3 rings (SSSR count). The van der Waals surface area contributed by atoms with Gasteiger partial charge in [-0.05, 0) is 47.0 Å². The van der Waals surface area contributed by atoms with Gasteiger partial charge in [0.05, 0.1) is 7.11 Å². The maximum atomic E-state index is 5.62. The van der Waals surface area contributed by atoms with Gasteiger partial charge in [0.2, 0.25) is 0 Å². The van der Waals surface area contributed by atoms with Crippen LogP contribution in [0.1, 0.15) is 22.3 Å². The summed E-state index contributed by atoms with van der Waals surface area (Å²) < 4.78 is 5.62. The highest BCUT2D eigenvalue weighted by Gasteiger charge is 2.01. The van der Waals surface area contributed by atoms with Crippen LogP contribution in [-0.4, -0.2) is 35.3 Å². The molecule has 0 aromatic heterocycles. The Bertz CT molecular complexity index is 1010. The molecule has 3 heteroatoms. The molecule has 30 heavy (non-hydrogen) atoms. The van der Waals surface area contributed by atoms with Crippen LogP contribution in [0, 0.1) is 0 Å². The third kappa shape index (κ3) is 5.54. The third-order valence-corrected chi connectivity index (χ3v) is 5.00. The van der Waals surface area contributed by atoms with E-state index in [4.69, 9.17) is 4.74 Å². The summed E-state index contributed by atoms with van der Waals surface area (Å²) in [4.78, 5) is 4.20. The Kier molecular flexibility index (Phi) is 6.97. The lowest BCUT2D eigenvalue weighted by Crippen LogP contribution is -2.07. The molecule has 0 fully saturated rings. The quantitative estimate of drug-likeness (QED) is 0.443. The van der Waals surface area contributed by atoms with Gasteiger partial charge in [0.25, 0.3) is 0 Å². The van der Waals surface area contributed by atoms with Crippen molar-refractivity contribution in [3.63, 3.8) is 0 Å². The van der Waals surface area contributed by atoms with Crippen molar-refractivity contribution in [3.05, 3.63) is 89.0 Å². The molecule has 0 saturated heterocycles. The van der Waals surface area contributed by atoms with E-state index in [0.29, 0.717) is 0 Å². The van der Waals surface area contributed by atoms with E-state index < -0.39 is 0 Å². The van der Waals surface area contributed by atoms with Gasteiger partial charge in [-0.15, -0.1) is 0 Å². The second-order valence-electron chi connectivity index (χ2n) is 7.64. The van der Waals surface area contributed by atoms with E-state index in [1.54, 1.807) is 7.11 Å². The van der Waals surface area contributed by atoms with Crippen LogP contribution in [0.3, 0.4) is 0 Å². The number of anilines is 2. The normalized spacial score (nSPS) is 11.2. The zero-order valence-electron chi connectivity index (χ0n) is 18.5. The van der Waals surface area contributed by atoms with Gasteiger partial charge in [-0.2, -0.15) is 0 Å². The summed E-state index contributed by atoms with van der Waals surface area (Å²) in [5, 5.41) is 0. The van der Waals surface area contributed by atoms with Crippen LogP contribution in [0.15, 0.2) is 66.7 Å². The molecule has 0 bridgehead atoms. The monoisotopic (exact) mass is 398 g/mol. The van der Waals surface area contributed by atoms with E-state index in [-0.39, 0.29) is 0 Å². The Morgan fingerprint density at radius 3 is 1.47 bits per heavy atom. The molecule has 3 nitrogen and oxygen atoms in total. The first-order valence-electron chi connectivity index (χ1n) is 10.1. The molecule has 0 saturated carbocycles. The minimum Gasteiger partial charge on any atom is -0.496 e. The SMILES string of the molecule is COc1cc(/C=C/c2ccc(N(C)C)cc2)ccc1/C=C/c1ccc(N(C)C)cc1. The standard InChI is InChI=1S/C27H30N2O/c1-28(2)25-16-10-21(11-17-25)6-7-23-9-15-24(27(20-23)30-5)14-8-22-12-18-26(19-13-22)29(3)4/h6-20H,1-5H3/b7-6+,14-8+. The number of rotatable bonds is 7. The topological polar surface area (TPSA) is 15.7 Å². The molecule has 0 atom stereocenters. The highest BCUT2D eigenvalue weighted by molar-refractivity contribution is 5.76. The van der Waals surface area contributed by atoms with Gasteiger partial charge >= 0.3 is 0 Å². The summed E-state index contributed by atoms with van der Waals surface area (Å²) in [6, 6.07) is 23.3. The fourth-order valence-electron chi connectivity index (χ4n) is 3.11. The van der Waals surface area contributed by atoms with Crippen molar-refractivity contribution in [3.8, 4) is 5.75 Å². The molecule has 0 unspecified atom stereocenters. The lowest BCUT2D eigenvalue weighted by molar-refractivity contribution is 0.414. The molecule has 0 radical (unpaired) electrons. The van der Waals surface area contributed by atoms with E-state index in [1.807, 2.05) is 28.2 Å². The average Bonchev–Trinajstić information content (AvgIpc) is 2.77. The summed E-state index contributed by atoms with van der Waals surface area (Å²) >= 11 is 0. The molecule has 0 N–H and O–H groups in total. The first kappa shape index (κ1) is 21.3. The number of benzene rings is 3. The van der Waals surface area contributed by atoms with Crippen LogP contribution in [0.25, 0.3) is 24.3 Å². The predicted molar refractivity (Wildman–Crippen MR) is 132 cm³/mol. The van der Waals surface area contributed by atoms with Crippen LogP contribution < -0.4 is 14.5 Å². The molecule has 0 aliphatic rings. The second kappa shape index (κ2) is 9.84. The number of hydrogen-bond acceptors (Lipinski definition) is 3. The lowest BCUT2D eigenvalue weighted by atomic mass is 10.1. The van der Waals surface area contributed by atoms with Gasteiger partial charge < -0.3 is 14.5 Å². The minimum atomic E-state index is 0.862. The van der Waals surface area contributed by atoms with Gasteiger partial charge in [-0.3, -0.25) is 0 Å². The first-order valence-corrected chi connectivity index (χ1v) is 10.1. The maximum absolute atomic E-state index is 5.62. The molecule has 0 aliphatic carbocycles.